The van der Waals surface area contributed by atoms with Crippen LogP contribution in [0.4, 0.5) is 14.6 Å². The van der Waals surface area contributed by atoms with Crippen LogP contribution >= 0.6 is 23.2 Å². The molecule has 1 heterocycles. The monoisotopic (exact) mass is 404 g/mol. The molecule has 0 saturated heterocycles. The third-order valence-corrected chi connectivity index (χ3v) is 3.66. The Hall–Kier alpha value is -2.45. The Labute approximate surface area is 157 Å². The van der Waals surface area contributed by atoms with Crippen LogP contribution < -0.4 is 10.1 Å². The van der Waals surface area contributed by atoms with E-state index in [2.05, 4.69) is 15.0 Å². The van der Waals surface area contributed by atoms with Crippen molar-refractivity contribution in [2.75, 3.05) is 11.9 Å². The van der Waals surface area contributed by atoms with Crippen LogP contribution in [0.15, 0.2) is 30.3 Å². The van der Waals surface area contributed by atoms with Gasteiger partial charge >= 0.3 is 12.6 Å². The number of hydrogen-bond acceptors (Lipinski definition) is 5. The van der Waals surface area contributed by atoms with Crippen LogP contribution in [-0.4, -0.2) is 30.1 Å². The summed E-state index contributed by atoms with van der Waals surface area (Å²) >= 11 is 11.8. The van der Waals surface area contributed by atoms with Crippen LogP contribution in [0.2, 0.25) is 10.0 Å². The Kier molecular flexibility index (Phi) is 6.70. The number of carbonyl (C=O) groups excluding carboxylic acids is 2. The molecule has 0 saturated carbocycles. The molecule has 2 aromatic rings. The average molecular weight is 405 g/mol. The third-order valence-electron chi connectivity index (χ3n) is 2.99. The molecule has 1 N–H and O–H groups in total. The first-order chi connectivity index (χ1) is 12.3. The van der Waals surface area contributed by atoms with Gasteiger partial charge in [0.25, 0.3) is 5.91 Å². The summed E-state index contributed by atoms with van der Waals surface area (Å²) in [5.74, 6) is -1.70. The van der Waals surface area contributed by atoms with Gasteiger partial charge in [0.15, 0.2) is 12.4 Å². The Balaban J connectivity index is 1.95. The number of esters is 1. The number of anilines is 1. The molecule has 0 aliphatic carbocycles. The first-order valence-electron chi connectivity index (χ1n) is 7.10. The molecule has 0 aliphatic heterocycles. The van der Waals surface area contributed by atoms with Crippen LogP contribution in [0.3, 0.4) is 0 Å². The number of nitrogens with zero attached hydrogens (tertiary/aromatic N) is 1. The minimum atomic E-state index is -3.02. The highest BCUT2D eigenvalue weighted by atomic mass is 35.5. The lowest BCUT2D eigenvalue weighted by atomic mass is 10.2. The summed E-state index contributed by atoms with van der Waals surface area (Å²) in [4.78, 5) is 27.8. The summed E-state index contributed by atoms with van der Waals surface area (Å²) in [6, 6.07) is 6.43. The van der Waals surface area contributed by atoms with Crippen molar-refractivity contribution in [1.29, 1.82) is 0 Å². The van der Waals surface area contributed by atoms with E-state index >= 15 is 0 Å². The Morgan fingerprint density at radius 2 is 1.96 bits per heavy atom. The molecular weight excluding hydrogens is 393 g/mol. The maximum absolute atomic E-state index is 12.2. The number of pyridine rings is 1. The fourth-order valence-electron chi connectivity index (χ4n) is 1.83. The number of aryl methyl sites for hydroxylation is 1. The molecule has 1 amide bonds. The van der Waals surface area contributed by atoms with E-state index in [1.807, 2.05) is 0 Å². The second-order valence-corrected chi connectivity index (χ2v) is 5.73. The van der Waals surface area contributed by atoms with E-state index in [-0.39, 0.29) is 22.2 Å². The second kappa shape index (κ2) is 8.77. The van der Waals surface area contributed by atoms with E-state index in [9.17, 15) is 18.4 Å². The summed E-state index contributed by atoms with van der Waals surface area (Å²) < 4.78 is 33.4. The number of carbonyl (C=O) groups is 2. The zero-order valence-corrected chi connectivity index (χ0v) is 14.8. The Bertz CT molecular complexity index is 834. The molecule has 0 spiro atoms. The topological polar surface area (TPSA) is 77.5 Å². The van der Waals surface area contributed by atoms with Crippen molar-refractivity contribution in [3.63, 3.8) is 0 Å². The number of hydrogen-bond donors (Lipinski definition) is 1. The van der Waals surface area contributed by atoms with Gasteiger partial charge in [0, 0.05) is 0 Å². The van der Waals surface area contributed by atoms with E-state index < -0.39 is 25.1 Å². The predicted molar refractivity (Wildman–Crippen MR) is 91.0 cm³/mol. The smallest absolute Gasteiger partial charge is 0.387 e. The minimum absolute atomic E-state index is 0.0468. The molecule has 138 valence electrons. The van der Waals surface area contributed by atoms with Gasteiger partial charge < -0.3 is 14.8 Å². The van der Waals surface area contributed by atoms with Crippen molar-refractivity contribution >= 4 is 40.9 Å². The molecule has 0 bridgehead atoms. The molecule has 0 radical (unpaired) electrons. The van der Waals surface area contributed by atoms with Crippen molar-refractivity contribution < 1.29 is 27.8 Å². The molecule has 10 heteroatoms. The molecule has 1 aromatic heterocycles. The van der Waals surface area contributed by atoms with Crippen molar-refractivity contribution in [2.45, 2.75) is 13.5 Å². The number of halogens is 4. The number of ether oxygens (including phenoxy) is 2. The molecule has 6 nitrogen and oxygen atoms in total. The first kappa shape index (κ1) is 19.9. The Morgan fingerprint density at radius 3 is 2.65 bits per heavy atom. The van der Waals surface area contributed by atoms with Gasteiger partial charge in [-0.1, -0.05) is 29.3 Å². The van der Waals surface area contributed by atoms with Gasteiger partial charge in [0.2, 0.25) is 0 Å². The van der Waals surface area contributed by atoms with E-state index in [4.69, 9.17) is 27.9 Å². The second-order valence-electron chi connectivity index (χ2n) is 4.92. The lowest BCUT2D eigenvalue weighted by molar-refractivity contribution is -0.119. The average Bonchev–Trinajstić information content (AvgIpc) is 2.57. The zero-order chi connectivity index (χ0) is 19.3. The standard InChI is InChI=1S/C16H12Cl2F2N2O4/c1-8-11(17)6-12(18)14(21-8)22-13(23)7-25-15(24)9-3-2-4-10(5-9)26-16(19)20/h2-6,16H,7H2,1H3,(H,21,22,23). The third kappa shape index (κ3) is 5.53. The predicted octanol–water partition coefficient (Wildman–Crippen LogP) is 4.09. The number of benzene rings is 1. The number of rotatable bonds is 6. The summed E-state index contributed by atoms with van der Waals surface area (Å²) in [6.07, 6.45) is 0. The maximum atomic E-state index is 12.2. The molecule has 1 aromatic carbocycles. The fraction of sp³-hybridized carbons (Fsp3) is 0.188. The van der Waals surface area contributed by atoms with Crippen molar-refractivity contribution in [1.82, 2.24) is 4.98 Å². The summed E-state index contributed by atoms with van der Waals surface area (Å²) in [6.45, 7) is -2.02. The molecule has 0 aliphatic rings. The van der Waals surface area contributed by atoms with Crippen LogP contribution in [0.25, 0.3) is 0 Å². The quantitative estimate of drug-likeness (QED) is 0.733. The lowest BCUT2D eigenvalue weighted by Gasteiger charge is -2.09. The lowest BCUT2D eigenvalue weighted by Crippen LogP contribution is -2.21. The summed E-state index contributed by atoms with van der Waals surface area (Å²) in [7, 11) is 0. The summed E-state index contributed by atoms with van der Waals surface area (Å²) in [5, 5.41) is 2.84. The van der Waals surface area contributed by atoms with Crippen molar-refractivity contribution in [3.8, 4) is 5.75 Å². The summed E-state index contributed by atoms with van der Waals surface area (Å²) in [5.41, 5.74) is 0.411. The fourth-order valence-corrected chi connectivity index (χ4v) is 2.23. The van der Waals surface area contributed by atoms with E-state index in [1.54, 1.807) is 6.92 Å². The van der Waals surface area contributed by atoms with Gasteiger partial charge in [-0.2, -0.15) is 8.78 Å². The molecule has 0 fully saturated rings. The van der Waals surface area contributed by atoms with E-state index in [0.29, 0.717) is 10.7 Å². The SMILES string of the molecule is Cc1nc(NC(=O)COC(=O)c2cccc(OC(F)F)c2)c(Cl)cc1Cl. The molecular formula is C16H12Cl2F2N2O4. The highest BCUT2D eigenvalue weighted by Gasteiger charge is 2.14. The van der Waals surface area contributed by atoms with Crippen molar-refractivity contribution in [3.05, 3.63) is 51.6 Å². The maximum Gasteiger partial charge on any atom is 0.387 e. The minimum Gasteiger partial charge on any atom is -0.452 e. The molecule has 0 unspecified atom stereocenters. The largest absolute Gasteiger partial charge is 0.452 e. The van der Waals surface area contributed by atoms with Gasteiger partial charge in [-0.3, -0.25) is 4.79 Å². The zero-order valence-electron chi connectivity index (χ0n) is 13.3. The van der Waals surface area contributed by atoms with E-state index in [0.717, 1.165) is 6.07 Å². The van der Waals surface area contributed by atoms with Gasteiger partial charge in [-0.05, 0) is 31.2 Å². The number of alkyl halides is 2. The highest BCUT2D eigenvalue weighted by Crippen LogP contribution is 2.25. The van der Waals surface area contributed by atoms with Crippen LogP contribution in [-0.2, 0) is 9.53 Å². The van der Waals surface area contributed by atoms with Gasteiger partial charge in [0.05, 0.1) is 21.3 Å². The number of amides is 1. The van der Waals surface area contributed by atoms with Gasteiger partial charge in [-0.25, -0.2) is 9.78 Å². The Morgan fingerprint density at radius 1 is 1.23 bits per heavy atom. The van der Waals surface area contributed by atoms with Crippen molar-refractivity contribution in [2.24, 2.45) is 0 Å². The molecule has 2 rings (SSSR count). The van der Waals surface area contributed by atoms with Crippen LogP contribution in [0.5, 0.6) is 5.75 Å². The highest BCUT2D eigenvalue weighted by molar-refractivity contribution is 6.36. The van der Waals surface area contributed by atoms with Gasteiger partial charge in [0.1, 0.15) is 5.75 Å². The van der Waals surface area contributed by atoms with Crippen LogP contribution in [0, 0.1) is 6.92 Å². The van der Waals surface area contributed by atoms with Crippen LogP contribution in [0.1, 0.15) is 16.1 Å². The van der Waals surface area contributed by atoms with E-state index in [1.165, 1.54) is 24.3 Å². The number of nitrogens with one attached hydrogen (secondary N) is 1. The molecule has 0 atom stereocenters. The normalized spacial score (nSPS) is 10.5. The molecule has 26 heavy (non-hydrogen) atoms. The van der Waals surface area contributed by atoms with Gasteiger partial charge in [-0.15, -0.1) is 0 Å². The number of aromatic nitrogens is 1. The first-order valence-corrected chi connectivity index (χ1v) is 7.86.